The summed E-state index contributed by atoms with van der Waals surface area (Å²) in [5.41, 5.74) is 0.845. The molecule has 7 heteroatoms. The van der Waals surface area contributed by atoms with E-state index in [1.54, 1.807) is 12.4 Å². The van der Waals surface area contributed by atoms with Crippen LogP contribution in [0.3, 0.4) is 0 Å². The van der Waals surface area contributed by atoms with Crippen LogP contribution in [0, 0.1) is 0 Å². The molecule has 0 saturated carbocycles. The highest BCUT2D eigenvalue weighted by Crippen LogP contribution is 2.15. The summed E-state index contributed by atoms with van der Waals surface area (Å²) in [6.07, 6.45) is 4.16. The average molecular weight is 302 g/mol. The van der Waals surface area contributed by atoms with E-state index in [9.17, 15) is 4.79 Å². The van der Waals surface area contributed by atoms with Crippen LogP contribution in [0.4, 0.5) is 0 Å². The number of nitrogens with zero attached hydrogens (tertiary/aromatic N) is 4. The van der Waals surface area contributed by atoms with Crippen molar-refractivity contribution < 1.29 is 14.1 Å². The van der Waals surface area contributed by atoms with Crippen molar-refractivity contribution in [3.63, 3.8) is 0 Å². The monoisotopic (exact) mass is 302 g/mol. The minimum Gasteiger partial charge on any atom is -0.377 e. The number of amides is 1. The van der Waals surface area contributed by atoms with E-state index >= 15 is 0 Å². The highest BCUT2D eigenvalue weighted by atomic mass is 16.5. The molecule has 0 radical (unpaired) electrons. The molecule has 1 aliphatic heterocycles. The number of ether oxygens (including phenoxy) is 1. The molecule has 0 spiro atoms. The summed E-state index contributed by atoms with van der Waals surface area (Å²) in [5.74, 6) is 1.09. The van der Waals surface area contributed by atoms with Gasteiger partial charge in [0, 0.05) is 37.3 Å². The van der Waals surface area contributed by atoms with E-state index in [0.717, 1.165) is 5.56 Å². The molecule has 3 heterocycles. The molecule has 3 rings (SSSR count). The summed E-state index contributed by atoms with van der Waals surface area (Å²) >= 11 is 0. The van der Waals surface area contributed by atoms with Gasteiger partial charge in [0.15, 0.2) is 0 Å². The largest absolute Gasteiger partial charge is 0.377 e. The van der Waals surface area contributed by atoms with Crippen LogP contribution in [-0.2, 0) is 16.0 Å². The van der Waals surface area contributed by atoms with Gasteiger partial charge in [0.25, 0.3) is 0 Å². The molecule has 116 valence electrons. The second-order valence-electron chi connectivity index (χ2n) is 5.26. The summed E-state index contributed by atoms with van der Waals surface area (Å²) in [6.45, 7) is 3.83. The number of carbonyl (C=O) groups excluding carboxylic acids is 1. The molecule has 7 nitrogen and oxygen atoms in total. The van der Waals surface area contributed by atoms with E-state index in [1.807, 2.05) is 24.0 Å². The van der Waals surface area contributed by atoms with Crippen LogP contribution in [0.5, 0.6) is 0 Å². The predicted molar refractivity (Wildman–Crippen MR) is 77.8 cm³/mol. The smallest absolute Gasteiger partial charge is 0.227 e. The third-order valence-electron chi connectivity index (χ3n) is 3.65. The fourth-order valence-corrected chi connectivity index (χ4v) is 2.43. The fourth-order valence-electron chi connectivity index (χ4n) is 2.43. The molecule has 0 N–H and O–H groups in total. The summed E-state index contributed by atoms with van der Waals surface area (Å²) in [7, 11) is 0. The molecule has 1 fully saturated rings. The molecule has 1 atom stereocenters. The van der Waals surface area contributed by atoms with Gasteiger partial charge in [0.2, 0.25) is 17.6 Å². The number of hydrogen-bond acceptors (Lipinski definition) is 6. The van der Waals surface area contributed by atoms with Gasteiger partial charge in [0.05, 0.1) is 19.3 Å². The standard InChI is InChI=1S/C15H18N4O3/c1-11-10-21-9-8-19(11)14(20)3-2-13-17-15(18-22-13)12-4-6-16-7-5-12/h4-7,11H,2-3,8-10H2,1H3/t11-/m0/s1. The van der Waals surface area contributed by atoms with Crippen molar-refractivity contribution in [3.05, 3.63) is 30.4 Å². The number of carbonyl (C=O) groups is 1. The van der Waals surface area contributed by atoms with E-state index in [0.29, 0.717) is 44.3 Å². The molecular weight excluding hydrogens is 284 g/mol. The molecule has 2 aromatic heterocycles. The van der Waals surface area contributed by atoms with Crippen molar-refractivity contribution in [2.75, 3.05) is 19.8 Å². The quantitative estimate of drug-likeness (QED) is 0.847. The Morgan fingerprint density at radius 3 is 3.00 bits per heavy atom. The van der Waals surface area contributed by atoms with Crippen LogP contribution in [0.15, 0.2) is 29.0 Å². The third kappa shape index (κ3) is 3.30. The van der Waals surface area contributed by atoms with Crippen LogP contribution in [0.2, 0.25) is 0 Å². The Labute approximate surface area is 128 Å². The lowest BCUT2D eigenvalue weighted by Gasteiger charge is -2.33. The topological polar surface area (TPSA) is 81.4 Å². The zero-order valence-corrected chi connectivity index (χ0v) is 12.4. The van der Waals surface area contributed by atoms with Crippen molar-refractivity contribution in [1.29, 1.82) is 0 Å². The van der Waals surface area contributed by atoms with Gasteiger partial charge in [-0.2, -0.15) is 4.98 Å². The third-order valence-corrected chi connectivity index (χ3v) is 3.65. The molecule has 22 heavy (non-hydrogen) atoms. The van der Waals surface area contributed by atoms with Gasteiger partial charge in [-0.05, 0) is 19.1 Å². The highest BCUT2D eigenvalue weighted by Gasteiger charge is 2.23. The Morgan fingerprint density at radius 2 is 2.23 bits per heavy atom. The Hall–Kier alpha value is -2.28. The van der Waals surface area contributed by atoms with Crippen molar-refractivity contribution in [3.8, 4) is 11.4 Å². The van der Waals surface area contributed by atoms with Crippen molar-refractivity contribution in [1.82, 2.24) is 20.0 Å². The van der Waals surface area contributed by atoms with Crippen LogP contribution < -0.4 is 0 Å². The van der Waals surface area contributed by atoms with Gasteiger partial charge in [-0.1, -0.05) is 5.16 Å². The fraction of sp³-hybridized carbons (Fsp3) is 0.467. The molecule has 0 bridgehead atoms. The summed E-state index contributed by atoms with van der Waals surface area (Å²) in [6, 6.07) is 3.75. The van der Waals surface area contributed by atoms with Gasteiger partial charge >= 0.3 is 0 Å². The normalized spacial score (nSPS) is 18.4. The van der Waals surface area contributed by atoms with Crippen LogP contribution in [0.25, 0.3) is 11.4 Å². The van der Waals surface area contributed by atoms with Gasteiger partial charge < -0.3 is 14.2 Å². The molecule has 1 saturated heterocycles. The second kappa shape index (κ2) is 6.65. The van der Waals surface area contributed by atoms with E-state index in [2.05, 4.69) is 15.1 Å². The van der Waals surface area contributed by atoms with Crippen LogP contribution in [-0.4, -0.2) is 51.7 Å². The average Bonchev–Trinajstić information content (AvgIpc) is 3.03. The van der Waals surface area contributed by atoms with E-state index < -0.39 is 0 Å². The zero-order valence-electron chi connectivity index (χ0n) is 12.4. The number of hydrogen-bond donors (Lipinski definition) is 0. The van der Waals surface area contributed by atoms with E-state index in [4.69, 9.17) is 9.26 Å². The minimum absolute atomic E-state index is 0.0967. The number of pyridine rings is 1. The van der Waals surface area contributed by atoms with Crippen molar-refractivity contribution in [2.45, 2.75) is 25.8 Å². The Bertz CT molecular complexity index is 629. The maximum absolute atomic E-state index is 12.2. The van der Waals surface area contributed by atoms with Crippen molar-refractivity contribution in [2.24, 2.45) is 0 Å². The van der Waals surface area contributed by atoms with Gasteiger partial charge in [-0.25, -0.2) is 0 Å². The van der Waals surface area contributed by atoms with Gasteiger partial charge in [0.1, 0.15) is 0 Å². The molecule has 2 aromatic rings. The van der Waals surface area contributed by atoms with Crippen molar-refractivity contribution >= 4 is 5.91 Å². The molecular formula is C15H18N4O3. The maximum Gasteiger partial charge on any atom is 0.227 e. The molecule has 1 amide bonds. The summed E-state index contributed by atoms with van der Waals surface area (Å²) in [4.78, 5) is 22.3. The minimum atomic E-state index is 0.0967. The van der Waals surface area contributed by atoms with Gasteiger partial charge in [-0.3, -0.25) is 9.78 Å². The number of morpholine rings is 1. The maximum atomic E-state index is 12.2. The first-order chi connectivity index (χ1) is 10.7. The van der Waals surface area contributed by atoms with E-state index in [1.165, 1.54) is 0 Å². The number of aromatic nitrogens is 3. The Kier molecular flexibility index (Phi) is 4.43. The molecule has 1 aliphatic rings. The SMILES string of the molecule is C[C@H]1COCCN1C(=O)CCc1nc(-c2ccncc2)no1. The second-order valence-corrected chi connectivity index (χ2v) is 5.26. The number of aryl methyl sites for hydroxylation is 1. The lowest BCUT2D eigenvalue weighted by molar-refractivity contribution is -0.139. The Morgan fingerprint density at radius 1 is 1.41 bits per heavy atom. The first-order valence-corrected chi connectivity index (χ1v) is 7.34. The molecule has 0 aromatic carbocycles. The number of rotatable bonds is 4. The predicted octanol–water partition coefficient (Wildman–Crippen LogP) is 1.31. The first-order valence-electron chi connectivity index (χ1n) is 7.34. The lowest BCUT2D eigenvalue weighted by atomic mass is 10.2. The van der Waals surface area contributed by atoms with Gasteiger partial charge in [-0.15, -0.1) is 0 Å². The summed E-state index contributed by atoms with van der Waals surface area (Å²) < 4.78 is 10.5. The highest BCUT2D eigenvalue weighted by molar-refractivity contribution is 5.76. The molecule has 0 aliphatic carbocycles. The van der Waals surface area contributed by atoms with Crippen LogP contribution >= 0.6 is 0 Å². The lowest BCUT2D eigenvalue weighted by Crippen LogP contribution is -2.47. The first kappa shape index (κ1) is 14.6. The van der Waals surface area contributed by atoms with Crippen LogP contribution in [0.1, 0.15) is 19.2 Å². The van der Waals surface area contributed by atoms with E-state index in [-0.39, 0.29) is 11.9 Å². The molecule has 0 unspecified atom stereocenters. The zero-order chi connectivity index (χ0) is 15.4. The Balaban J connectivity index is 1.58. The summed E-state index contributed by atoms with van der Waals surface area (Å²) in [5, 5.41) is 3.93.